The average molecular weight is 240 g/mol. The summed E-state index contributed by atoms with van der Waals surface area (Å²) < 4.78 is 13.7. The standard InChI is InChI=1S/C15H13FN2/c1-2-10-9-17-14-8-7-13(18-15(10)14)11-5-3-4-6-12(11)16/h3-9,17H,2H2,1H3. The van der Waals surface area contributed by atoms with Gasteiger partial charge in [-0.2, -0.15) is 0 Å². The Labute approximate surface area is 104 Å². The molecule has 0 saturated carbocycles. The fraction of sp³-hybridized carbons (Fsp3) is 0.133. The number of aryl methyl sites for hydroxylation is 1. The zero-order valence-corrected chi connectivity index (χ0v) is 10.1. The van der Waals surface area contributed by atoms with Crippen LogP contribution < -0.4 is 0 Å². The van der Waals surface area contributed by atoms with Crippen LogP contribution in [0.3, 0.4) is 0 Å². The number of nitrogens with zero attached hydrogens (tertiary/aromatic N) is 1. The number of nitrogens with one attached hydrogen (secondary N) is 1. The van der Waals surface area contributed by atoms with Crippen LogP contribution in [0.2, 0.25) is 0 Å². The first kappa shape index (κ1) is 11.0. The molecule has 3 aromatic rings. The number of pyridine rings is 1. The van der Waals surface area contributed by atoms with Gasteiger partial charge in [0, 0.05) is 11.8 Å². The van der Waals surface area contributed by atoms with E-state index in [2.05, 4.69) is 16.9 Å². The summed E-state index contributed by atoms with van der Waals surface area (Å²) in [6.45, 7) is 2.08. The summed E-state index contributed by atoms with van der Waals surface area (Å²) in [6.07, 6.45) is 2.87. The molecule has 0 saturated heterocycles. The van der Waals surface area contributed by atoms with Crippen molar-refractivity contribution in [3.8, 4) is 11.3 Å². The van der Waals surface area contributed by atoms with E-state index < -0.39 is 0 Å². The SMILES string of the molecule is CCc1c[nH]c2ccc(-c3ccccc3F)nc12. The third kappa shape index (κ3) is 1.68. The Kier molecular flexibility index (Phi) is 2.59. The lowest BCUT2D eigenvalue weighted by Gasteiger charge is -2.03. The first-order valence-corrected chi connectivity index (χ1v) is 6.01. The number of aromatic amines is 1. The molecule has 18 heavy (non-hydrogen) atoms. The molecule has 0 aliphatic carbocycles. The van der Waals surface area contributed by atoms with Gasteiger partial charge in [0.1, 0.15) is 5.82 Å². The molecular formula is C15H13FN2. The molecule has 2 heterocycles. The lowest BCUT2D eigenvalue weighted by atomic mass is 10.1. The predicted molar refractivity (Wildman–Crippen MR) is 70.9 cm³/mol. The maximum atomic E-state index is 13.7. The number of hydrogen-bond acceptors (Lipinski definition) is 1. The van der Waals surface area contributed by atoms with Crippen LogP contribution in [0.5, 0.6) is 0 Å². The Hall–Kier alpha value is -2.16. The molecule has 0 aliphatic heterocycles. The number of halogens is 1. The van der Waals surface area contributed by atoms with Gasteiger partial charge < -0.3 is 4.98 Å². The Bertz CT molecular complexity index is 701. The van der Waals surface area contributed by atoms with Crippen LogP contribution in [0.4, 0.5) is 4.39 Å². The molecule has 2 aromatic heterocycles. The lowest BCUT2D eigenvalue weighted by molar-refractivity contribution is 0.631. The van der Waals surface area contributed by atoms with Crippen LogP contribution in [0.1, 0.15) is 12.5 Å². The predicted octanol–water partition coefficient (Wildman–Crippen LogP) is 3.93. The monoisotopic (exact) mass is 240 g/mol. The third-order valence-electron chi connectivity index (χ3n) is 3.13. The maximum absolute atomic E-state index is 13.7. The number of hydrogen-bond donors (Lipinski definition) is 1. The Balaban J connectivity index is 2.21. The topological polar surface area (TPSA) is 28.7 Å². The van der Waals surface area contributed by atoms with Crippen LogP contribution in [-0.2, 0) is 6.42 Å². The lowest BCUT2D eigenvalue weighted by Crippen LogP contribution is -1.89. The quantitative estimate of drug-likeness (QED) is 0.722. The highest BCUT2D eigenvalue weighted by Crippen LogP contribution is 2.24. The molecule has 0 bridgehead atoms. The van der Waals surface area contributed by atoms with Crippen molar-refractivity contribution in [1.82, 2.24) is 9.97 Å². The van der Waals surface area contributed by atoms with E-state index in [1.165, 1.54) is 6.07 Å². The van der Waals surface area contributed by atoms with Crippen LogP contribution in [0.15, 0.2) is 42.6 Å². The third-order valence-corrected chi connectivity index (χ3v) is 3.13. The largest absolute Gasteiger partial charge is 0.360 e. The van der Waals surface area contributed by atoms with E-state index in [4.69, 9.17) is 0 Å². The summed E-state index contributed by atoms with van der Waals surface area (Å²) in [6, 6.07) is 10.5. The van der Waals surface area contributed by atoms with Gasteiger partial charge in [-0.05, 0) is 36.2 Å². The summed E-state index contributed by atoms with van der Waals surface area (Å²) in [5, 5.41) is 0. The van der Waals surface area contributed by atoms with Crippen molar-refractivity contribution in [3.63, 3.8) is 0 Å². The molecule has 90 valence electrons. The molecule has 0 aliphatic rings. The van der Waals surface area contributed by atoms with E-state index >= 15 is 0 Å². The molecule has 0 spiro atoms. The molecule has 0 radical (unpaired) electrons. The van der Waals surface area contributed by atoms with Crippen LogP contribution in [0, 0.1) is 5.82 Å². The number of rotatable bonds is 2. The molecule has 0 unspecified atom stereocenters. The highest BCUT2D eigenvalue weighted by atomic mass is 19.1. The molecule has 1 aromatic carbocycles. The minimum absolute atomic E-state index is 0.238. The van der Waals surface area contributed by atoms with Crippen LogP contribution in [-0.4, -0.2) is 9.97 Å². The fourth-order valence-electron chi connectivity index (χ4n) is 2.14. The zero-order valence-electron chi connectivity index (χ0n) is 10.1. The Morgan fingerprint density at radius 3 is 2.78 bits per heavy atom. The molecule has 0 atom stereocenters. The maximum Gasteiger partial charge on any atom is 0.132 e. The van der Waals surface area contributed by atoms with Crippen molar-refractivity contribution in [2.24, 2.45) is 0 Å². The van der Waals surface area contributed by atoms with E-state index in [-0.39, 0.29) is 5.82 Å². The van der Waals surface area contributed by atoms with Crippen molar-refractivity contribution in [3.05, 3.63) is 54.0 Å². The van der Waals surface area contributed by atoms with E-state index in [0.717, 1.165) is 23.0 Å². The zero-order chi connectivity index (χ0) is 12.5. The molecule has 2 nitrogen and oxygen atoms in total. The molecule has 0 fully saturated rings. The van der Waals surface area contributed by atoms with E-state index in [1.54, 1.807) is 12.1 Å². The molecule has 3 heteroatoms. The van der Waals surface area contributed by atoms with Gasteiger partial charge in [0.15, 0.2) is 0 Å². The number of fused-ring (bicyclic) bond motifs is 1. The van der Waals surface area contributed by atoms with Gasteiger partial charge >= 0.3 is 0 Å². The minimum atomic E-state index is -0.238. The molecule has 3 rings (SSSR count). The molecule has 0 amide bonds. The summed E-state index contributed by atoms with van der Waals surface area (Å²) in [5.74, 6) is -0.238. The van der Waals surface area contributed by atoms with Gasteiger partial charge in [0.05, 0.1) is 16.7 Å². The first-order chi connectivity index (χ1) is 8.79. The second-order valence-corrected chi connectivity index (χ2v) is 4.24. The summed E-state index contributed by atoms with van der Waals surface area (Å²) in [5.41, 5.74) is 4.30. The smallest absolute Gasteiger partial charge is 0.132 e. The van der Waals surface area contributed by atoms with E-state index in [9.17, 15) is 4.39 Å². The average Bonchev–Trinajstić information content (AvgIpc) is 2.81. The van der Waals surface area contributed by atoms with Gasteiger partial charge in [-0.15, -0.1) is 0 Å². The second kappa shape index (κ2) is 4.26. The molecule has 1 N–H and O–H groups in total. The summed E-state index contributed by atoms with van der Waals surface area (Å²) >= 11 is 0. The van der Waals surface area contributed by atoms with Gasteiger partial charge in [0.2, 0.25) is 0 Å². The second-order valence-electron chi connectivity index (χ2n) is 4.24. The first-order valence-electron chi connectivity index (χ1n) is 6.01. The van der Waals surface area contributed by atoms with Crippen molar-refractivity contribution in [2.45, 2.75) is 13.3 Å². The van der Waals surface area contributed by atoms with Crippen LogP contribution >= 0.6 is 0 Å². The highest BCUT2D eigenvalue weighted by Gasteiger charge is 2.08. The summed E-state index contributed by atoms with van der Waals surface area (Å²) in [7, 11) is 0. The van der Waals surface area contributed by atoms with Gasteiger partial charge in [-0.3, -0.25) is 0 Å². The summed E-state index contributed by atoms with van der Waals surface area (Å²) in [4.78, 5) is 7.74. The fourth-order valence-corrected chi connectivity index (χ4v) is 2.14. The van der Waals surface area contributed by atoms with Gasteiger partial charge in [-0.25, -0.2) is 9.37 Å². The van der Waals surface area contributed by atoms with Crippen molar-refractivity contribution < 1.29 is 4.39 Å². The Morgan fingerprint density at radius 2 is 2.00 bits per heavy atom. The van der Waals surface area contributed by atoms with Crippen LogP contribution in [0.25, 0.3) is 22.3 Å². The van der Waals surface area contributed by atoms with Crippen molar-refractivity contribution in [2.75, 3.05) is 0 Å². The highest BCUT2D eigenvalue weighted by molar-refractivity contribution is 5.82. The normalized spacial score (nSPS) is 11.0. The Morgan fingerprint density at radius 1 is 1.17 bits per heavy atom. The van der Waals surface area contributed by atoms with E-state index in [0.29, 0.717) is 11.3 Å². The van der Waals surface area contributed by atoms with E-state index in [1.807, 2.05) is 24.4 Å². The number of H-pyrrole nitrogens is 1. The van der Waals surface area contributed by atoms with Crippen molar-refractivity contribution in [1.29, 1.82) is 0 Å². The number of benzene rings is 1. The number of aromatic nitrogens is 2. The van der Waals surface area contributed by atoms with Gasteiger partial charge in [0.25, 0.3) is 0 Å². The molecular weight excluding hydrogens is 227 g/mol. The minimum Gasteiger partial charge on any atom is -0.360 e. The van der Waals surface area contributed by atoms with Crippen molar-refractivity contribution >= 4 is 11.0 Å². The van der Waals surface area contributed by atoms with Gasteiger partial charge in [-0.1, -0.05) is 19.1 Å².